The molecule has 194 valence electrons. The first-order valence-corrected chi connectivity index (χ1v) is 12.5. The normalized spacial score (nSPS) is 12.1. The summed E-state index contributed by atoms with van der Waals surface area (Å²) < 4.78 is 0. The first-order chi connectivity index (χ1) is 16.1. The maximum absolute atomic E-state index is 11.9. The molecule has 0 fully saturated rings. The van der Waals surface area contributed by atoms with E-state index in [4.69, 9.17) is 10.2 Å². The Morgan fingerprint density at radius 3 is 1.82 bits per heavy atom. The molecule has 7 N–H and O–H groups in total. The average Bonchev–Trinajstić information content (AvgIpc) is 2.77. The van der Waals surface area contributed by atoms with Crippen LogP contribution in [0.1, 0.15) is 57.8 Å². The second-order valence-electron chi connectivity index (χ2n) is 7.29. The van der Waals surface area contributed by atoms with E-state index in [1.54, 1.807) is 0 Å². The van der Waals surface area contributed by atoms with Crippen molar-refractivity contribution in [2.24, 2.45) is 0 Å². The van der Waals surface area contributed by atoms with Crippen molar-refractivity contribution in [2.75, 3.05) is 13.1 Å². The number of urea groups is 1. The lowest BCUT2D eigenvalue weighted by Crippen LogP contribution is -2.51. The molecule has 0 aromatic carbocycles. The molecule has 0 aliphatic carbocycles. The van der Waals surface area contributed by atoms with Crippen LogP contribution in [0.4, 0.5) is 9.59 Å². The largest absolute Gasteiger partial charge is 0.481 e. The highest BCUT2D eigenvalue weighted by Crippen LogP contribution is 2.06. The summed E-state index contributed by atoms with van der Waals surface area (Å²) in [6.45, 7) is 0.854. The van der Waals surface area contributed by atoms with Crippen LogP contribution < -0.4 is 21.3 Å². The van der Waals surface area contributed by atoms with E-state index in [-0.39, 0.29) is 24.0 Å². The van der Waals surface area contributed by atoms with Gasteiger partial charge < -0.3 is 36.6 Å². The molecule has 0 heterocycles. The topological polar surface area (TPSA) is 211 Å². The Kier molecular flexibility index (Phi) is 17.2. The summed E-state index contributed by atoms with van der Waals surface area (Å²) in [6.07, 6.45) is 2.61. The van der Waals surface area contributed by atoms with E-state index in [0.717, 1.165) is 23.6 Å². The van der Waals surface area contributed by atoms with Crippen molar-refractivity contribution in [3.63, 3.8) is 0 Å². The number of carboxylic acid groups (broad SMARTS) is 3. The lowest BCUT2D eigenvalue weighted by atomic mass is 10.1. The van der Waals surface area contributed by atoms with Crippen LogP contribution in [0, 0.1) is 0 Å². The molecule has 0 aliphatic rings. The van der Waals surface area contributed by atoms with Gasteiger partial charge in [0.15, 0.2) is 0 Å². The fourth-order valence-electron chi connectivity index (χ4n) is 2.74. The van der Waals surface area contributed by atoms with Gasteiger partial charge in [0.2, 0.25) is 5.91 Å². The minimum Gasteiger partial charge on any atom is -0.481 e. The van der Waals surface area contributed by atoms with Crippen LogP contribution in [0.5, 0.6) is 0 Å². The van der Waals surface area contributed by atoms with Crippen LogP contribution in [0.15, 0.2) is 0 Å². The van der Waals surface area contributed by atoms with E-state index in [1.807, 2.05) is 0 Å². The fraction of sp³-hybridized carbons (Fsp3) is 0.684. The molecular weight excluding hydrogens is 492 g/mol. The summed E-state index contributed by atoms with van der Waals surface area (Å²) in [4.78, 5) is 67.7. The van der Waals surface area contributed by atoms with E-state index in [1.165, 1.54) is 0 Å². The molecule has 0 aromatic rings. The number of carboxylic acids is 3. The van der Waals surface area contributed by atoms with Crippen LogP contribution in [0.25, 0.3) is 0 Å². The summed E-state index contributed by atoms with van der Waals surface area (Å²) in [7, 11) is 0.803. The van der Waals surface area contributed by atoms with Crippen molar-refractivity contribution >= 4 is 57.5 Å². The minimum absolute atomic E-state index is 0.0573. The highest BCUT2D eigenvalue weighted by atomic mass is 33.1. The third-order valence-corrected chi connectivity index (χ3v) is 5.34. The number of amides is 4. The lowest BCUT2D eigenvalue weighted by Gasteiger charge is -2.18. The number of hydrogen-bond acceptors (Lipinski definition) is 8. The highest BCUT2D eigenvalue weighted by Gasteiger charge is 2.24. The van der Waals surface area contributed by atoms with Crippen LogP contribution in [-0.4, -0.2) is 75.6 Å². The number of thiol groups is 1. The molecular formula is C19H32N4O9S2. The second-order valence-corrected chi connectivity index (χ2v) is 8.39. The first kappa shape index (κ1) is 31.3. The molecule has 0 aliphatic heterocycles. The molecule has 0 bridgehead atoms. The molecule has 13 nitrogen and oxygen atoms in total. The van der Waals surface area contributed by atoms with Gasteiger partial charge in [0.25, 0.3) is 5.24 Å². The summed E-state index contributed by atoms with van der Waals surface area (Å²) in [5.74, 6) is -4.10. The Morgan fingerprint density at radius 1 is 0.706 bits per heavy atom. The summed E-state index contributed by atoms with van der Waals surface area (Å²) >= 11 is 3.77. The molecule has 0 aromatic heterocycles. The molecule has 34 heavy (non-hydrogen) atoms. The van der Waals surface area contributed by atoms with Crippen LogP contribution >= 0.6 is 22.5 Å². The van der Waals surface area contributed by atoms with E-state index >= 15 is 0 Å². The predicted molar refractivity (Wildman–Crippen MR) is 127 cm³/mol. The third-order valence-electron chi connectivity index (χ3n) is 4.53. The van der Waals surface area contributed by atoms with Crippen molar-refractivity contribution in [1.82, 2.24) is 21.3 Å². The van der Waals surface area contributed by atoms with Crippen molar-refractivity contribution in [2.45, 2.75) is 69.9 Å². The number of carbonyl (C=O) groups is 6. The van der Waals surface area contributed by atoms with Gasteiger partial charge in [0, 0.05) is 36.7 Å². The summed E-state index contributed by atoms with van der Waals surface area (Å²) in [6, 6.07) is -3.76. The quantitative estimate of drug-likeness (QED) is 0.0728. The van der Waals surface area contributed by atoms with Gasteiger partial charge in [-0.25, -0.2) is 14.4 Å². The zero-order chi connectivity index (χ0) is 25.9. The SMILES string of the molecule is O=C(O)CC[C@H](NC(=O)N[C@@H](CCCCNC(=O)CCCCCNC(=O)SS)C(=O)O)C(=O)O. The standard InChI is InChI=1S/C19H32N4O9S2/c24-14(7-2-1-4-11-21-19(32)34-33)20-10-5-3-6-12(16(27)28)22-18(31)23-13(17(29)30)8-9-15(25)26/h12-13,33H,1-11H2,(H,20,24)(H,21,32)(H,25,26)(H,27,28)(H,29,30)(H2,22,23,31)/t12-,13-/m0/s1. The van der Waals surface area contributed by atoms with Gasteiger partial charge in [-0.15, -0.1) is 11.7 Å². The number of rotatable bonds is 18. The van der Waals surface area contributed by atoms with Gasteiger partial charge in [0.1, 0.15) is 12.1 Å². The highest BCUT2D eigenvalue weighted by molar-refractivity contribution is 8.74. The predicted octanol–water partition coefficient (Wildman–Crippen LogP) is 1.19. The molecule has 0 rings (SSSR count). The Morgan fingerprint density at radius 2 is 1.26 bits per heavy atom. The molecule has 0 unspecified atom stereocenters. The van der Waals surface area contributed by atoms with Gasteiger partial charge in [-0.1, -0.05) is 6.42 Å². The van der Waals surface area contributed by atoms with Gasteiger partial charge in [-0.3, -0.25) is 14.4 Å². The number of carbonyl (C=O) groups excluding carboxylic acids is 3. The van der Waals surface area contributed by atoms with Gasteiger partial charge >= 0.3 is 23.9 Å². The number of aliphatic carboxylic acids is 3. The van der Waals surface area contributed by atoms with E-state index < -0.39 is 42.4 Å². The number of unbranched alkanes of at least 4 members (excludes halogenated alkanes) is 3. The maximum atomic E-state index is 11.9. The van der Waals surface area contributed by atoms with Crippen LogP contribution in [0.3, 0.4) is 0 Å². The molecule has 2 atom stereocenters. The zero-order valence-electron chi connectivity index (χ0n) is 18.6. The number of hydrogen-bond donors (Lipinski definition) is 8. The summed E-state index contributed by atoms with van der Waals surface area (Å²) in [5.41, 5.74) is 0. The van der Waals surface area contributed by atoms with Crippen LogP contribution in [0.2, 0.25) is 0 Å². The Labute approximate surface area is 206 Å². The Balaban J connectivity index is 4.11. The van der Waals surface area contributed by atoms with Gasteiger partial charge in [-0.2, -0.15) is 0 Å². The fourth-order valence-corrected chi connectivity index (χ4v) is 3.10. The molecule has 4 amide bonds. The Bertz CT molecular complexity index is 709. The van der Waals surface area contributed by atoms with Crippen LogP contribution in [-0.2, 0) is 19.2 Å². The number of nitrogens with one attached hydrogen (secondary N) is 4. The monoisotopic (exact) mass is 524 g/mol. The third kappa shape index (κ3) is 16.9. The van der Waals surface area contributed by atoms with Crippen molar-refractivity contribution in [3.05, 3.63) is 0 Å². The zero-order valence-corrected chi connectivity index (χ0v) is 20.3. The first-order valence-electron chi connectivity index (χ1n) is 10.7. The van der Waals surface area contributed by atoms with Crippen molar-refractivity contribution in [1.29, 1.82) is 0 Å². The molecule has 0 saturated heterocycles. The molecule has 0 spiro atoms. The Hall–Kier alpha value is -2.68. The maximum Gasteiger partial charge on any atom is 0.326 e. The van der Waals surface area contributed by atoms with Crippen molar-refractivity contribution in [3.8, 4) is 0 Å². The smallest absolute Gasteiger partial charge is 0.326 e. The minimum atomic E-state index is -1.47. The van der Waals surface area contributed by atoms with E-state index in [0.29, 0.717) is 38.8 Å². The van der Waals surface area contributed by atoms with E-state index in [2.05, 4.69) is 32.9 Å². The molecule has 0 radical (unpaired) electrons. The molecule has 15 heteroatoms. The summed E-state index contributed by atoms with van der Waals surface area (Å²) in [5, 5.41) is 36.3. The van der Waals surface area contributed by atoms with Crippen molar-refractivity contribution < 1.29 is 44.1 Å². The van der Waals surface area contributed by atoms with Gasteiger partial charge in [0.05, 0.1) is 0 Å². The van der Waals surface area contributed by atoms with Gasteiger partial charge in [-0.05, 0) is 38.5 Å². The second kappa shape index (κ2) is 18.7. The lowest BCUT2D eigenvalue weighted by molar-refractivity contribution is -0.140. The van der Waals surface area contributed by atoms with E-state index in [9.17, 15) is 33.9 Å². The average molecular weight is 525 g/mol. The molecule has 0 saturated carbocycles.